The van der Waals surface area contributed by atoms with Crippen molar-refractivity contribution < 1.29 is 28.1 Å². The molecular weight excluding hydrogens is 340 g/mol. The largest absolute Gasteiger partial charge is 0.390 e. The van der Waals surface area contributed by atoms with E-state index in [1.807, 2.05) is 27.7 Å². The molecule has 3 heterocycles. The fourth-order valence-electron chi connectivity index (χ4n) is 3.33. The summed E-state index contributed by atoms with van der Waals surface area (Å²) in [5.41, 5.74) is 0. The van der Waals surface area contributed by atoms with Crippen LogP contribution in [0.3, 0.4) is 0 Å². The summed E-state index contributed by atoms with van der Waals surface area (Å²) < 4.78 is 36.9. The summed E-state index contributed by atoms with van der Waals surface area (Å²) >= 11 is 0. The van der Waals surface area contributed by atoms with Gasteiger partial charge in [0.1, 0.15) is 24.4 Å². The molecule has 0 saturated carbocycles. The molecule has 0 unspecified atom stereocenters. The molecule has 146 valence electrons. The van der Waals surface area contributed by atoms with E-state index in [4.69, 9.17) is 28.1 Å². The molecule has 0 aromatic heterocycles. The fraction of sp³-hybridized carbons (Fsp3) is 1.00. The predicted octanol–water partition coefficient (Wildman–Crippen LogP) is 3.40. The zero-order valence-corrected chi connectivity index (χ0v) is 18.0. The second-order valence-corrected chi connectivity index (χ2v) is 14.5. The van der Waals surface area contributed by atoms with Gasteiger partial charge in [-0.1, -0.05) is 20.8 Å². The summed E-state index contributed by atoms with van der Waals surface area (Å²) in [5, 5.41) is 0.0912. The normalized spacial score (nSPS) is 40.4. The van der Waals surface area contributed by atoms with Gasteiger partial charge in [-0.3, -0.25) is 0 Å². The van der Waals surface area contributed by atoms with E-state index < -0.39 is 26.2 Å². The van der Waals surface area contributed by atoms with Crippen LogP contribution < -0.4 is 0 Å². The van der Waals surface area contributed by atoms with Crippen LogP contribution in [0, 0.1) is 0 Å². The van der Waals surface area contributed by atoms with Gasteiger partial charge in [0.05, 0.1) is 6.61 Å². The average molecular weight is 375 g/mol. The lowest BCUT2D eigenvalue weighted by atomic mass is 10.1. The molecular formula is C18H34O6Si. The van der Waals surface area contributed by atoms with Gasteiger partial charge in [0, 0.05) is 0 Å². The number of fused-ring (bicyclic) bond motifs is 1. The van der Waals surface area contributed by atoms with Crippen molar-refractivity contribution in [1.82, 2.24) is 0 Å². The first-order valence-corrected chi connectivity index (χ1v) is 12.1. The van der Waals surface area contributed by atoms with Crippen molar-refractivity contribution in [3.8, 4) is 0 Å². The Morgan fingerprint density at radius 3 is 2.00 bits per heavy atom. The summed E-state index contributed by atoms with van der Waals surface area (Å²) in [6.07, 6.45) is -1.35. The molecule has 3 aliphatic heterocycles. The Morgan fingerprint density at radius 2 is 1.48 bits per heavy atom. The van der Waals surface area contributed by atoms with E-state index in [9.17, 15) is 0 Å². The second kappa shape index (κ2) is 5.99. The van der Waals surface area contributed by atoms with Gasteiger partial charge in [-0.25, -0.2) is 0 Å². The molecule has 0 bridgehead atoms. The van der Waals surface area contributed by atoms with Crippen molar-refractivity contribution in [3.05, 3.63) is 0 Å². The van der Waals surface area contributed by atoms with Crippen LogP contribution in [0.4, 0.5) is 0 Å². The number of rotatable bonds is 3. The summed E-state index contributed by atoms with van der Waals surface area (Å²) in [6.45, 7) is 19.3. The predicted molar refractivity (Wildman–Crippen MR) is 95.7 cm³/mol. The molecule has 0 spiro atoms. The van der Waals surface area contributed by atoms with Crippen LogP contribution >= 0.6 is 0 Å². The monoisotopic (exact) mass is 374 g/mol. The van der Waals surface area contributed by atoms with Crippen molar-refractivity contribution in [2.24, 2.45) is 0 Å². The third-order valence-corrected chi connectivity index (χ3v) is 10.1. The van der Waals surface area contributed by atoms with E-state index in [-0.39, 0.29) is 29.5 Å². The minimum Gasteiger partial charge on any atom is -0.390 e. The maximum Gasteiger partial charge on any atom is 0.195 e. The van der Waals surface area contributed by atoms with Crippen molar-refractivity contribution in [2.75, 3.05) is 6.61 Å². The lowest BCUT2D eigenvalue weighted by molar-refractivity contribution is -0.232. The van der Waals surface area contributed by atoms with E-state index in [1.54, 1.807) is 0 Å². The van der Waals surface area contributed by atoms with Gasteiger partial charge in [0.2, 0.25) is 0 Å². The minimum absolute atomic E-state index is 0.0912. The Hall–Kier alpha value is -0.0231. The Bertz CT molecular complexity index is 512. The highest BCUT2D eigenvalue weighted by molar-refractivity contribution is 6.74. The quantitative estimate of drug-likeness (QED) is 0.706. The minimum atomic E-state index is -2.01. The number of hydrogen-bond donors (Lipinski definition) is 0. The fourth-order valence-corrected chi connectivity index (χ4v) is 4.45. The zero-order valence-electron chi connectivity index (χ0n) is 17.0. The van der Waals surface area contributed by atoms with Crippen LogP contribution in [0.25, 0.3) is 0 Å². The molecule has 0 radical (unpaired) electrons. The third-order valence-electron chi connectivity index (χ3n) is 5.66. The lowest BCUT2D eigenvalue weighted by Crippen LogP contribution is -2.47. The average Bonchev–Trinajstić information content (AvgIpc) is 3.00. The molecule has 0 aromatic carbocycles. The van der Waals surface area contributed by atoms with Crippen LogP contribution in [0.5, 0.6) is 0 Å². The molecule has 3 aliphatic rings. The summed E-state index contributed by atoms with van der Waals surface area (Å²) in [7, 11) is -2.01. The molecule has 7 heteroatoms. The Kier molecular flexibility index (Phi) is 4.73. The molecule has 25 heavy (non-hydrogen) atoms. The van der Waals surface area contributed by atoms with Crippen LogP contribution in [0.1, 0.15) is 48.5 Å². The smallest absolute Gasteiger partial charge is 0.195 e. The molecule has 0 amide bonds. The summed E-state index contributed by atoms with van der Waals surface area (Å²) in [6, 6.07) is 0. The van der Waals surface area contributed by atoms with Gasteiger partial charge in [0.15, 0.2) is 26.2 Å². The van der Waals surface area contributed by atoms with Crippen molar-refractivity contribution in [3.63, 3.8) is 0 Å². The zero-order chi connectivity index (χ0) is 18.8. The molecule has 0 aliphatic carbocycles. The van der Waals surface area contributed by atoms with Crippen LogP contribution in [-0.4, -0.2) is 57.2 Å². The molecule has 3 fully saturated rings. The first-order valence-electron chi connectivity index (χ1n) is 9.22. The van der Waals surface area contributed by atoms with Crippen molar-refractivity contribution >= 4 is 8.32 Å². The third kappa shape index (κ3) is 3.83. The van der Waals surface area contributed by atoms with Crippen LogP contribution in [0.2, 0.25) is 18.1 Å². The lowest BCUT2D eigenvalue weighted by Gasteiger charge is -2.39. The molecule has 6 nitrogen and oxygen atoms in total. The molecule has 0 aromatic rings. The summed E-state index contributed by atoms with van der Waals surface area (Å²) in [4.78, 5) is 0. The highest BCUT2D eigenvalue weighted by Crippen LogP contribution is 2.45. The Labute approximate surface area is 152 Å². The van der Waals surface area contributed by atoms with Crippen molar-refractivity contribution in [2.45, 2.75) is 109 Å². The first-order chi connectivity index (χ1) is 11.2. The van der Waals surface area contributed by atoms with Gasteiger partial charge in [0.25, 0.3) is 0 Å². The number of ether oxygens (including phenoxy) is 5. The summed E-state index contributed by atoms with van der Waals surface area (Å²) in [5.74, 6) is -1.25. The second-order valence-electron chi connectivity index (χ2n) is 9.78. The van der Waals surface area contributed by atoms with E-state index in [0.717, 1.165) is 0 Å². The molecule has 3 rings (SSSR count). The topological polar surface area (TPSA) is 55.4 Å². The van der Waals surface area contributed by atoms with E-state index >= 15 is 0 Å². The van der Waals surface area contributed by atoms with E-state index in [1.165, 1.54) is 0 Å². The maximum atomic E-state index is 6.53. The van der Waals surface area contributed by atoms with Crippen molar-refractivity contribution in [1.29, 1.82) is 0 Å². The maximum absolute atomic E-state index is 6.53. The number of hydrogen-bond acceptors (Lipinski definition) is 6. The van der Waals surface area contributed by atoms with Crippen LogP contribution in [0.15, 0.2) is 0 Å². The first kappa shape index (κ1) is 19.7. The van der Waals surface area contributed by atoms with Crippen LogP contribution in [-0.2, 0) is 28.1 Å². The highest BCUT2D eigenvalue weighted by Gasteiger charge is 2.60. The molecule has 3 saturated heterocycles. The molecule has 0 N–H and O–H groups in total. The standard InChI is InChI=1S/C18H34O6Si/c1-16(2,3)25(8,9)24-15-14-13(22-18(6,7)23-14)12(20-15)11-10-19-17(4,5)21-11/h11-15H,10H2,1-9H3/t11-,12-,13+,14+,15-/m1/s1. The molecule has 5 atom stereocenters. The SMILES string of the molecule is CC1(C)O[C@@H]2[C@H](O1)[C@@H](O[Si](C)(C)C(C)(C)C)O[C@@H]2[C@H]1COC(C)(C)O1. The van der Waals surface area contributed by atoms with E-state index in [2.05, 4.69) is 33.9 Å². The van der Waals surface area contributed by atoms with Gasteiger partial charge in [-0.05, 0) is 45.8 Å². The Morgan fingerprint density at radius 1 is 0.880 bits per heavy atom. The van der Waals surface area contributed by atoms with E-state index in [0.29, 0.717) is 6.61 Å². The van der Waals surface area contributed by atoms with Gasteiger partial charge >= 0.3 is 0 Å². The van der Waals surface area contributed by atoms with Gasteiger partial charge in [-0.2, -0.15) is 0 Å². The highest BCUT2D eigenvalue weighted by atomic mass is 28.4. The van der Waals surface area contributed by atoms with Gasteiger partial charge < -0.3 is 28.1 Å². The Balaban J connectivity index is 1.79. The van der Waals surface area contributed by atoms with Gasteiger partial charge in [-0.15, -0.1) is 0 Å².